The molecule has 2 N–H and O–H groups in total. The number of nitrogens with two attached hydrogens (primary N) is 1. The Labute approximate surface area is 118 Å². The molecule has 0 bridgehead atoms. The standard InChI is InChI=1S/C16H32N2O/c1-3-4-13-5-6-16(17)15(9-13)11-18-8-7-14(10-18)12-19-2/h13-16H,3-12,17H2,1-2H3. The van der Waals surface area contributed by atoms with Gasteiger partial charge in [0.25, 0.3) is 0 Å². The summed E-state index contributed by atoms with van der Waals surface area (Å²) in [5.41, 5.74) is 6.36. The van der Waals surface area contributed by atoms with Crippen LogP contribution in [0.2, 0.25) is 0 Å². The molecule has 4 unspecified atom stereocenters. The number of methoxy groups -OCH3 is 1. The molecule has 1 saturated heterocycles. The van der Waals surface area contributed by atoms with E-state index < -0.39 is 0 Å². The van der Waals surface area contributed by atoms with Gasteiger partial charge in [0.2, 0.25) is 0 Å². The summed E-state index contributed by atoms with van der Waals surface area (Å²) in [7, 11) is 1.81. The van der Waals surface area contributed by atoms with Crippen LogP contribution in [0.25, 0.3) is 0 Å². The average Bonchev–Trinajstić information content (AvgIpc) is 2.82. The van der Waals surface area contributed by atoms with Gasteiger partial charge in [0.05, 0.1) is 6.61 Å². The van der Waals surface area contributed by atoms with Gasteiger partial charge in [0.1, 0.15) is 0 Å². The molecule has 1 aliphatic heterocycles. The first-order chi connectivity index (χ1) is 9.22. The summed E-state index contributed by atoms with van der Waals surface area (Å²) in [6.45, 7) is 6.91. The number of hydrogen-bond donors (Lipinski definition) is 1. The molecule has 0 spiro atoms. The third kappa shape index (κ3) is 4.44. The summed E-state index contributed by atoms with van der Waals surface area (Å²) in [6.07, 6.45) is 7.99. The average molecular weight is 268 g/mol. The van der Waals surface area contributed by atoms with Crippen LogP contribution in [-0.4, -0.2) is 44.3 Å². The van der Waals surface area contributed by atoms with Crippen molar-refractivity contribution in [2.45, 2.75) is 51.5 Å². The van der Waals surface area contributed by atoms with Crippen molar-refractivity contribution in [2.75, 3.05) is 33.4 Å². The highest BCUT2D eigenvalue weighted by Crippen LogP contribution is 2.32. The molecule has 0 aromatic heterocycles. The van der Waals surface area contributed by atoms with Gasteiger partial charge in [-0.05, 0) is 50.0 Å². The fourth-order valence-electron chi connectivity index (χ4n) is 4.05. The van der Waals surface area contributed by atoms with Crippen molar-refractivity contribution in [3.8, 4) is 0 Å². The molecule has 2 aliphatic rings. The number of likely N-dealkylation sites (tertiary alicyclic amines) is 1. The van der Waals surface area contributed by atoms with E-state index in [0.29, 0.717) is 6.04 Å². The molecule has 19 heavy (non-hydrogen) atoms. The minimum Gasteiger partial charge on any atom is -0.384 e. The van der Waals surface area contributed by atoms with Crippen molar-refractivity contribution in [1.82, 2.24) is 4.90 Å². The second-order valence-electron chi connectivity index (χ2n) is 6.76. The molecular formula is C16H32N2O. The highest BCUT2D eigenvalue weighted by molar-refractivity contribution is 4.86. The van der Waals surface area contributed by atoms with Gasteiger partial charge in [0, 0.05) is 26.2 Å². The van der Waals surface area contributed by atoms with E-state index in [1.807, 2.05) is 7.11 Å². The Bertz CT molecular complexity index is 259. The lowest BCUT2D eigenvalue weighted by molar-refractivity contribution is 0.140. The number of hydrogen-bond acceptors (Lipinski definition) is 3. The summed E-state index contributed by atoms with van der Waals surface area (Å²) in [5, 5.41) is 0. The Morgan fingerprint density at radius 1 is 1.21 bits per heavy atom. The molecule has 2 rings (SSSR count). The molecule has 0 aromatic carbocycles. The van der Waals surface area contributed by atoms with Crippen molar-refractivity contribution in [3.63, 3.8) is 0 Å². The molecule has 112 valence electrons. The first kappa shape index (κ1) is 15.3. The summed E-state index contributed by atoms with van der Waals surface area (Å²) in [4.78, 5) is 2.63. The van der Waals surface area contributed by atoms with Gasteiger partial charge in [-0.15, -0.1) is 0 Å². The van der Waals surface area contributed by atoms with Gasteiger partial charge >= 0.3 is 0 Å². The molecule has 0 aromatic rings. The lowest BCUT2D eigenvalue weighted by atomic mass is 9.76. The summed E-state index contributed by atoms with van der Waals surface area (Å²) in [5.74, 6) is 2.41. The zero-order valence-electron chi connectivity index (χ0n) is 12.8. The van der Waals surface area contributed by atoms with Crippen LogP contribution in [0.1, 0.15) is 45.4 Å². The van der Waals surface area contributed by atoms with E-state index in [0.717, 1.165) is 24.4 Å². The van der Waals surface area contributed by atoms with E-state index in [2.05, 4.69) is 11.8 Å². The van der Waals surface area contributed by atoms with E-state index in [1.165, 1.54) is 58.2 Å². The number of ether oxygens (including phenoxy) is 1. The number of nitrogens with zero attached hydrogens (tertiary/aromatic N) is 1. The summed E-state index contributed by atoms with van der Waals surface area (Å²) < 4.78 is 5.28. The molecule has 1 heterocycles. The van der Waals surface area contributed by atoms with Crippen LogP contribution >= 0.6 is 0 Å². The van der Waals surface area contributed by atoms with E-state index in [1.54, 1.807) is 0 Å². The topological polar surface area (TPSA) is 38.5 Å². The quantitative estimate of drug-likeness (QED) is 0.804. The molecule has 2 fully saturated rings. The third-order valence-electron chi connectivity index (χ3n) is 5.11. The highest BCUT2D eigenvalue weighted by atomic mass is 16.5. The lowest BCUT2D eigenvalue weighted by Crippen LogP contribution is -2.42. The molecular weight excluding hydrogens is 236 g/mol. The Kier molecular flexibility index (Phi) is 6.11. The Balaban J connectivity index is 1.77. The maximum atomic E-state index is 6.36. The van der Waals surface area contributed by atoms with Crippen LogP contribution in [-0.2, 0) is 4.74 Å². The lowest BCUT2D eigenvalue weighted by Gasteiger charge is -2.36. The Morgan fingerprint density at radius 3 is 2.79 bits per heavy atom. The van der Waals surface area contributed by atoms with Crippen LogP contribution in [0.5, 0.6) is 0 Å². The van der Waals surface area contributed by atoms with Crippen molar-refractivity contribution >= 4 is 0 Å². The van der Waals surface area contributed by atoms with E-state index in [-0.39, 0.29) is 0 Å². The minimum atomic E-state index is 0.439. The number of rotatable bonds is 6. The molecule has 0 amide bonds. The van der Waals surface area contributed by atoms with E-state index in [9.17, 15) is 0 Å². The molecule has 3 nitrogen and oxygen atoms in total. The van der Waals surface area contributed by atoms with Gasteiger partial charge in [0.15, 0.2) is 0 Å². The van der Waals surface area contributed by atoms with Gasteiger partial charge in [-0.3, -0.25) is 0 Å². The summed E-state index contributed by atoms with van der Waals surface area (Å²) >= 11 is 0. The molecule has 0 radical (unpaired) electrons. The minimum absolute atomic E-state index is 0.439. The van der Waals surface area contributed by atoms with Crippen molar-refractivity contribution < 1.29 is 4.74 Å². The fraction of sp³-hybridized carbons (Fsp3) is 1.00. The van der Waals surface area contributed by atoms with Crippen LogP contribution in [0.15, 0.2) is 0 Å². The van der Waals surface area contributed by atoms with Gasteiger partial charge in [-0.2, -0.15) is 0 Å². The van der Waals surface area contributed by atoms with Crippen LogP contribution in [0, 0.1) is 17.8 Å². The smallest absolute Gasteiger partial charge is 0.0503 e. The first-order valence-corrected chi connectivity index (χ1v) is 8.19. The van der Waals surface area contributed by atoms with E-state index >= 15 is 0 Å². The second kappa shape index (κ2) is 7.61. The van der Waals surface area contributed by atoms with Crippen LogP contribution < -0.4 is 5.73 Å². The normalized spacial score (nSPS) is 36.8. The van der Waals surface area contributed by atoms with Crippen LogP contribution in [0.4, 0.5) is 0 Å². The van der Waals surface area contributed by atoms with Gasteiger partial charge in [-0.25, -0.2) is 0 Å². The molecule has 4 atom stereocenters. The fourth-order valence-corrected chi connectivity index (χ4v) is 4.05. The van der Waals surface area contributed by atoms with Gasteiger partial charge < -0.3 is 15.4 Å². The highest BCUT2D eigenvalue weighted by Gasteiger charge is 2.31. The monoisotopic (exact) mass is 268 g/mol. The second-order valence-corrected chi connectivity index (χ2v) is 6.76. The predicted octanol–water partition coefficient (Wildman–Crippen LogP) is 2.50. The Hall–Kier alpha value is -0.120. The van der Waals surface area contributed by atoms with E-state index in [4.69, 9.17) is 10.5 Å². The SMILES string of the molecule is CCCC1CCC(N)C(CN2CCC(COC)C2)C1. The largest absolute Gasteiger partial charge is 0.384 e. The zero-order chi connectivity index (χ0) is 13.7. The first-order valence-electron chi connectivity index (χ1n) is 8.19. The van der Waals surface area contributed by atoms with Crippen molar-refractivity contribution in [3.05, 3.63) is 0 Å². The summed E-state index contributed by atoms with van der Waals surface area (Å²) in [6, 6.07) is 0.439. The zero-order valence-corrected chi connectivity index (χ0v) is 12.8. The maximum Gasteiger partial charge on any atom is 0.0503 e. The van der Waals surface area contributed by atoms with Crippen molar-refractivity contribution in [1.29, 1.82) is 0 Å². The predicted molar refractivity (Wildman–Crippen MR) is 80.1 cm³/mol. The molecule has 1 saturated carbocycles. The van der Waals surface area contributed by atoms with Crippen molar-refractivity contribution in [2.24, 2.45) is 23.5 Å². The van der Waals surface area contributed by atoms with Crippen LogP contribution in [0.3, 0.4) is 0 Å². The maximum absolute atomic E-state index is 6.36. The third-order valence-corrected chi connectivity index (χ3v) is 5.11. The molecule has 1 aliphatic carbocycles. The molecule has 3 heteroatoms. The van der Waals surface area contributed by atoms with Gasteiger partial charge in [-0.1, -0.05) is 19.8 Å². The Morgan fingerprint density at radius 2 is 2.05 bits per heavy atom.